The van der Waals surface area contributed by atoms with Crippen molar-refractivity contribution in [1.29, 1.82) is 0 Å². The van der Waals surface area contributed by atoms with Crippen LogP contribution in [0.15, 0.2) is 17.5 Å². The van der Waals surface area contributed by atoms with E-state index in [4.69, 9.17) is 4.74 Å². The molecule has 1 atom stereocenters. The number of nitrogens with one attached hydrogen (secondary N) is 1. The van der Waals surface area contributed by atoms with Crippen molar-refractivity contribution in [3.63, 3.8) is 0 Å². The highest BCUT2D eigenvalue weighted by molar-refractivity contribution is 7.10. The maximum atomic E-state index is 11.9. The van der Waals surface area contributed by atoms with Gasteiger partial charge in [-0.3, -0.25) is 9.69 Å². The highest BCUT2D eigenvalue weighted by Crippen LogP contribution is 2.25. The summed E-state index contributed by atoms with van der Waals surface area (Å²) in [5.74, 6) is 0.549. The molecule has 120 valence electrons. The predicted molar refractivity (Wildman–Crippen MR) is 89.2 cm³/mol. The van der Waals surface area contributed by atoms with Crippen molar-refractivity contribution in [3.8, 4) is 0 Å². The minimum atomic E-state index is 0. The molecule has 0 aromatic carbocycles. The maximum absolute atomic E-state index is 11.9. The number of nitrogens with zero attached hydrogens (tertiary/aromatic N) is 1. The van der Waals surface area contributed by atoms with Gasteiger partial charge in [-0.25, -0.2) is 0 Å². The molecular formula is C15H25ClN2O2S. The van der Waals surface area contributed by atoms with Crippen LogP contribution in [0.4, 0.5) is 0 Å². The lowest BCUT2D eigenvalue weighted by Gasteiger charge is -2.34. The van der Waals surface area contributed by atoms with Gasteiger partial charge in [0.25, 0.3) is 0 Å². The minimum absolute atomic E-state index is 0. The first-order chi connectivity index (χ1) is 9.66. The van der Waals surface area contributed by atoms with Crippen LogP contribution >= 0.6 is 23.7 Å². The monoisotopic (exact) mass is 332 g/mol. The summed E-state index contributed by atoms with van der Waals surface area (Å²) in [4.78, 5) is 15.6. The Morgan fingerprint density at radius 2 is 2.14 bits per heavy atom. The van der Waals surface area contributed by atoms with Gasteiger partial charge in [-0.05, 0) is 17.4 Å². The van der Waals surface area contributed by atoms with E-state index in [9.17, 15) is 4.79 Å². The summed E-state index contributed by atoms with van der Waals surface area (Å²) in [6, 6.07) is 4.50. The number of halogens is 1. The van der Waals surface area contributed by atoms with Crippen molar-refractivity contribution >= 4 is 29.7 Å². The predicted octanol–water partition coefficient (Wildman–Crippen LogP) is 2.71. The highest BCUT2D eigenvalue weighted by atomic mass is 35.5. The Morgan fingerprint density at radius 3 is 2.71 bits per heavy atom. The molecule has 1 fully saturated rings. The molecule has 2 heterocycles. The van der Waals surface area contributed by atoms with E-state index in [0.717, 1.165) is 26.3 Å². The molecule has 1 aromatic heterocycles. The van der Waals surface area contributed by atoms with E-state index in [1.54, 1.807) is 11.3 Å². The zero-order valence-corrected chi connectivity index (χ0v) is 14.3. The third-order valence-electron chi connectivity index (χ3n) is 3.44. The number of carbonyl (C=O) groups is 1. The average Bonchev–Trinajstić information content (AvgIpc) is 2.93. The van der Waals surface area contributed by atoms with E-state index in [2.05, 4.69) is 41.6 Å². The fourth-order valence-corrected chi connectivity index (χ4v) is 3.29. The van der Waals surface area contributed by atoms with Gasteiger partial charge in [0.2, 0.25) is 5.91 Å². The lowest BCUT2D eigenvalue weighted by atomic mass is 10.1. The second-order valence-corrected chi connectivity index (χ2v) is 6.56. The lowest BCUT2D eigenvalue weighted by molar-refractivity contribution is -0.122. The van der Waals surface area contributed by atoms with Crippen molar-refractivity contribution in [1.82, 2.24) is 10.2 Å². The minimum Gasteiger partial charge on any atom is -0.379 e. The summed E-state index contributed by atoms with van der Waals surface area (Å²) in [6.07, 6.45) is 0.597. The Balaban J connectivity index is 0.00000220. The average molecular weight is 333 g/mol. The molecular weight excluding hydrogens is 308 g/mol. The standard InChI is InChI=1S/C15H24N2O2S.ClH/c1-12(2)10-15(18)16-11-13(14-4-3-9-20-14)17-5-7-19-8-6-17;/h3-4,9,12-13H,5-8,10-11H2,1-2H3,(H,16,18);1H. The molecule has 2 rings (SSSR count). The topological polar surface area (TPSA) is 41.6 Å². The Kier molecular flexibility index (Phi) is 8.26. The molecule has 0 radical (unpaired) electrons. The normalized spacial score (nSPS) is 17.3. The van der Waals surface area contributed by atoms with Gasteiger partial charge in [-0.1, -0.05) is 19.9 Å². The summed E-state index contributed by atoms with van der Waals surface area (Å²) in [5, 5.41) is 5.18. The van der Waals surface area contributed by atoms with Gasteiger partial charge in [-0.15, -0.1) is 23.7 Å². The summed E-state index contributed by atoms with van der Waals surface area (Å²) in [7, 11) is 0. The summed E-state index contributed by atoms with van der Waals surface area (Å²) in [5.41, 5.74) is 0. The Hall–Kier alpha value is -0.620. The van der Waals surface area contributed by atoms with Crippen molar-refractivity contribution in [2.75, 3.05) is 32.8 Å². The van der Waals surface area contributed by atoms with E-state index in [-0.39, 0.29) is 24.4 Å². The van der Waals surface area contributed by atoms with E-state index < -0.39 is 0 Å². The van der Waals surface area contributed by atoms with E-state index in [1.807, 2.05) is 0 Å². The molecule has 1 unspecified atom stereocenters. The Morgan fingerprint density at radius 1 is 1.43 bits per heavy atom. The molecule has 1 amide bonds. The van der Waals surface area contributed by atoms with Crippen LogP contribution in [0.5, 0.6) is 0 Å². The number of amides is 1. The highest BCUT2D eigenvalue weighted by Gasteiger charge is 2.23. The van der Waals surface area contributed by atoms with Crippen LogP contribution in [0.3, 0.4) is 0 Å². The van der Waals surface area contributed by atoms with Crippen molar-refractivity contribution < 1.29 is 9.53 Å². The summed E-state index contributed by atoms with van der Waals surface area (Å²) >= 11 is 1.76. The van der Waals surface area contributed by atoms with Crippen LogP contribution in [0, 0.1) is 5.92 Å². The first kappa shape index (κ1) is 18.4. The number of ether oxygens (including phenoxy) is 1. The van der Waals surface area contributed by atoms with Crippen molar-refractivity contribution in [2.24, 2.45) is 5.92 Å². The molecule has 6 heteroatoms. The van der Waals surface area contributed by atoms with Crippen molar-refractivity contribution in [3.05, 3.63) is 22.4 Å². The van der Waals surface area contributed by atoms with Crippen LogP contribution in [0.2, 0.25) is 0 Å². The Labute approximate surface area is 137 Å². The Bertz CT molecular complexity index is 406. The first-order valence-electron chi connectivity index (χ1n) is 7.28. The number of morpholine rings is 1. The van der Waals surface area contributed by atoms with Crippen molar-refractivity contribution in [2.45, 2.75) is 26.3 Å². The van der Waals surface area contributed by atoms with Gasteiger partial charge < -0.3 is 10.1 Å². The van der Waals surface area contributed by atoms with Gasteiger partial charge >= 0.3 is 0 Å². The van der Waals surface area contributed by atoms with E-state index in [0.29, 0.717) is 18.9 Å². The van der Waals surface area contributed by atoms with Gasteiger partial charge in [0.1, 0.15) is 0 Å². The second-order valence-electron chi connectivity index (χ2n) is 5.58. The molecule has 1 saturated heterocycles. The summed E-state index contributed by atoms with van der Waals surface area (Å²) in [6.45, 7) is 8.25. The first-order valence-corrected chi connectivity index (χ1v) is 8.16. The van der Waals surface area contributed by atoms with Gasteiger partial charge in [0.05, 0.1) is 19.3 Å². The quantitative estimate of drug-likeness (QED) is 0.871. The second kappa shape index (κ2) is 9.41. The molecule has 0 bridgehead atoms. The fraction of sp³-hybridized carbons (Fsp3) is 0.667. The number of hydrogen-bond acceptors (Lipinski definition) is 4. The molecule has 0 spiro atoms. The largest absolute Gasteiger partial charge is 0.379 e. The van der Waals surface area contributed by atoms with Gasteiger partial charge in [0, 0.05) is 30.9 Å². The summed E-state index contributed by atoms with van der Waals surface area (Å²) < 4.78 is 5.42. The molecule has 1 aromatic rings. The third kappa shape index (κ3) is 5.94. The zero-order valence-electron chi connectivity index (χ0n) is 12.7. The molecule has 0 aliphatic carbocycles. The SMILES string of the molecule is CC(C)CC(=O)NCC(c1cccs1)N1CCOCC1.Cl. The van der Waals surface area contributed by atoms with Gasteiger partial charge in [-0.2, -0.15) is 0 Å². The van der Waals surface area contributed by atoms with Gasteiger partial charge in [0.15, 0.2) is 0 Å². The van der Waals surface area contributed by atoms with Crippen LogP contribution < -0.4 is 5.32 Å². The van der Waals surface area contributed by atoms with Crippen LogP contribution in [0.1, 0.15) is 31.2 Å². The molecule has 21 heavy (non-hydrogen) atoms. The van der Waals surface area contributed by atoms with Crippen LogP contribution in [-0.4, -0.2) is 43.7 Å². The van der Waals surface area contributed by atoms with Crippen LogP contribution in [-0.2, 0) is 9.53 Å². The van der Waals surface area contributed by atoms with E-state index in [1.165, 1.54) is 4.88 Å². The number of thiophene rings is 1. The number of rotatable bonds is 6. The number of hydrogen-bond donors (Lipinski definition) is 1. The molecule has 1 aliphatic heterocycles. The molecule has 1 aliphatic rings. The van der Waals surface area contributed by atoms with Crippen LogP contribution in [0.25, 0.3) is 0 Å². The fourth-order valence-electron chi connectivity index (χ4n) is 2.43. The third-order valence-corrected chi connectivity index (χ3v) is 4.42. The van der Waals surface area contributed by atoms with E-state index >= 15 is 0 Å². The maximum Gasteiger partial charge on any atom is 0.220 e. The molecule has 4 nitrogen and oxygen atoms in total. The number of carbonyl (C=O) groups excluding carboxylic acids is 1. The molecule has 1 N–H and O–H groups in total. The smallest absolute Gasteiger partial charge is 0.220 e. The molecule has 0 saturated carbocycles. The lowest BCUT2D eigenvalue weighted by Crippen LogP contribution is -2.43. The zero-order chi connectivity index (χ0) is 14.4.